The third-order valence-electron chi connectivity index (χ3n) is 3.87. The molecule has 2 fully saturated rings. The van der Waals surface area contributed by atoms with Gasteiger partial charge in [0.2, 0.25) is 0 Å². The monoisotopic (exact) mass is 283 g/mol. The van der Waals surface area contributed by atoms with Crippen LogP contribution in [0.15, 0.2) is 0 Å². The maximum atomic E-state index is 12.1. The fourth-order valence-electron chi connectivity index (χ4n) is 2.81. The summed E-state index contributed by atoms with van der Waals surface area (Å²) >= 11 is 0. The van der Waals surface area contributed by atoms with Gasteiger partial charge >= 0.3 is 12.1 Å². The van der Waals surface area contributed by atoms with E-state index in [1.807, 2.05) is 32.7 Å². The first-order valence-corrected chi connectivity index (χ1v) is 7.18. The first-order valence-electron chi connectivity index (χ1n) is 7.18. The Bertz CT molecular complexity index is 405. The zero-order chi connectivity index (χ0) is 15.1. The van der Waals surface area contributed by atoms with E-state index in [0.717, 1.165) is 13.1 Å². The van der Waals surface area contributed by atoms with Crippen LogP contribution < -0.4 is 0 Å². The molecule has 0 saturated carbocycles. The van der Waals surface area contributed by atoms with E-state index in [4.69, 9.17) is 4.74 Å². The van der Waals surface area contributed by atoms with Crippen LogP contribution in [-0.4, -0.2) is 71.7 Å². The smallest absolute Gasteiger partial charge is 0.410 e. The molecule has 0 aromatic carbocycles. The summed E-state index contributed by atoms with van der Waals surface area (Å²) in [5, 5.41) is 0. The molecule has 0 radical (unpaired) electrons. The van der Waals surface area contributed by atoms with Crippen molar-refractivity contribution in [2.45, 2.75) is 39.3 Å². The number of carbonyl (C=O) groups is 2. The average Bonchev–Trinajstić information content (AvgIpc) is 2.82. The Hall–Kier alpha value is -1.46. The van der Waals surface area contributed by atoms with Gasteiger partial charge in [0, 0.05) is 33.2 Å². The van der Waals surface area contributed by atoms with E-state index in [9.17, 15) is 9.59 Å². The quantitative estimate of drug-likeness (QED) is 0.734. The molecular formula is C14H25N3O3. The summed E-state index contributed by atoms with van der Waals surface area (Å²) in [6.45, 7) is 10.4. The summed E-state index contributed by atoms with van der Waals surface area (Å²) in [6.07, 6.45) is -0.285. The Morgan fingerprint density at radius 2 is 1.90 bits per heavy atom. The second-order valence-electron chi connectivity index (χ2n) is 6.83. The van der Waals surface area contributed by atoms with E-state index in [2.05, 4.69) is 6.92 Å². The molecule has 0 N–H and O–H groups in total. The molecule has 6 heteroatoms. The lowest BCUT2D eigenvalue weighted by molar-refractivity contribution is 0.0281. The molecule has 6 nitrogen and oxygen atoms in total. The summed E-state index contributed by atoms with van der Waals surface area (Å²) in [5.41, 5.74) is -0.484. The molecule has 2 aliphatic rings. The van der Waals surface area contributed by atoms with Crippen LogP contribution in [0.5, 0.6) is 0 Å². The maximum absolute atomic E-state index is 12.1. The van der Waals surface area contributed by atoms with Crippen LogP contribution in [0.3, 0.4) is 0 Å². The predicted molar refractivity (Wildman–Crippen MR) is 75.5 cm³/mol. The van der Waals surface area contributed by atoms with Gasteiger partial charge in [-0.2, -0.15) is 0 Å². The molecule has 0 aromatic rings. The van der Waals surface area contributed by atoms with Crippen LogP contribution >= 0.6 is 0 Å². The normalized spacial score (nSPS) is 27.4. The predicted octanol–water partition coefficient (Wildman–Crippen LogP) is 1.61. The lowest BCUT2D eigenvalue weighted by Crippen LogP contribution is -2.43. The number of carbonyl (C=O) groups excluding carboxylic acids is 2. The highest BCUT2D eigenvalue weighted by atomic mass is 16.6. The SMILES string of the molecule is CC1CN(C(=O)OC(C)(C)C)CC1N1CCN(C)C1=O. The van der Waals surface area contributed by atoms with Crippen LogP contribution in [0.25, 0.3) is 0 Å². The number of hydrogen-bond donors (Lipinski definition) is 0. The van der Waals surface area contributed by atoms with E-state index in [0.29, 0.717) is 13.1 Å². The minimum atomic E-state index is -0.484. The molecule has 2 heterocycles. The van der Waals surface area contributed by atoms with Crippen LogP contribution in [-0.2, 0) is 4.74 Å². The molecule has 2 atom stereocenters. The molecule has 0 spiro atoms. The Labute approximate surface area is 120 Å². The standard InChI is InChI=1S/C14H25N3O3/c1-10-8-16(13(19)20-14(2,3)4)9-11(10)17-7-6-15(5)12(17)18/h10-11H,6-9H2,1-5H3. The van der Waals surface area contributed by atoms with Gasteiger partial charge in [-0.3, -0.25) is 0 Å². The molecule has 3 amide bonds. The highest BCUT2D eigenvalue weighted by molar-refractivity contribution is 5.77. The fraction of sp³-hybridized carbons (Fsp3) is 0.857. The van der Waals surface area contributed by atoms with Crippen molar-refractivity contribution in [1.82, 2.24) is 14.7 Å². The molecule has 20 heavy (non-hydrogen) atoms. The van der Waals surface area contributed by atoms with Crippen molar-refractivity contribution in [1.29, 1.82) is 0 Å². The maximum Gasteiger partial charge on any atom is 0.410 e. The number of ether oxygens (including phenoxy) is 1. The third-order valence-corrected chi connectivity index (χ3v) is 3.87. The summed E-state index contributed by atoms with van der Waals surface area (Å²) in [4.78, 5) is 29.5. The number of rotatable bonds is 1. The first-order chi connectivity index (χ1) is 9.19. The number of hydrogen-bond acceptors (Lipinski definition) is 3. The second kappa shape index (κ2) is 5.14. The van der Waals surface area contributed by atoms with Crippen LogP contribution in [0, 0.1) is 5.92 Å². The van der Waals surface area contributed by atoms with Crippen LogP contribution in [0.2, 0.25) is 0 Å². The van der Waals surface area contributed by atoms with Gasteiger partial charge < -0.3 is 19.4 Å². The molecule has 2 saturated heterocycles. The van der Waals surface area contributed by atoms with E-state index in [1.54, 1.807) is 9.80 Å². The van der Waals surface area contributed by atoms with E-state index in [1.165, 1.54) is 0 Å². The average molecular weight is 283 g/mol. The van der Waals surface area contributed by atoms with Crippen molar-refractivity contribution in [3.05, 3.63) is 0 Å². The molecule has 0 bridgehead atoms. The zero-order valence-corrected chi connectivity index (χ0v) is 13.0. The molecule has 2 rings (SSSR count). The molecule has 114 valence electrons. The van der Waals surface area contributed by atoms with E-state index < -0.39 is 5.60 Å². The Kier molecular flexibility index (Phi) is 3.84. The highest BCUT2D eigenvalue weighted by Crippen LogP contribution is 2.26. The van der Waals surface area contributed by atoms with Gasteiger partial charge in [-0.25, -0.2) is 9.59 Å². The van der Waals surface area contributed by atoms with Crippen molar-refractivity contribution in [3.63, 3.8) is 0 Å². The lowest BCUT2D eigenvalue weighted by Gasteiger charge is -2.27. The summed E-state index contributed by atoms with van der Waals surface area (Å²) in [7, 11) is 1.81. The molecule has 0 aliphatic carbocycles. The Morgan fingerprint density at radius 3 is 2.40 bits per heavy atom. The molecule has 2 aliphatic heterocycles. The molecular weight excluding hydrogens is 258 g/mol. The van der Waals surface area contributed by atoms with Crippen molar-refractivity contribution >= 4 is 12.1 Å². The fourth-order valence-corrected chi connectivity index (χ4v) is 2.81. The van der Waals surface area contributed by atoms with Gasteiger partial charge in [0.25, 0.3) is 0 Å². The van der Waals surface area contributed by atoms with Crippen LogP contribution in [0.4, 0.5) is 9.59 Å². The zero-order valence-electron chi connectivity index (χ0n) is 13.0. The van der Waals surface area contributed by atoms with Gasteiger partial charge in [0.05, 0.1) is 6.04 Å². The minimum absolute atomic E-state index is 0.0629. The number of urea groups is 1. The lowest BCUT2D eigenvalue weighted by atomic mass is 10.1. The second-order valence-corrected chi connectivity index (χ2v) is 6.83. The number of likely N-dealkylation sites (tertiary alicyclic amines) is 1. The van der Waals surface area contributed by atoms with Crippen molar-refractivity contribution in [2.75, 3.05) is 33.2 Å². The van der Waals surface area contributed by atoms with Crippen molar-refractivity contribution in [2.24, 2.45) is 5.92 Å². The Balaban J connectivity index is 1.99. The summed E-state index contributed by atoms with van der Waals surface area (Å²) < 4.78 is 5.40. The van der Waals surface area contributed by atoms with Crippen molar-refractivity contribution in [3.8, 4) is 0 Å². The highest BCUT2D eigenvalue weighted by Gasteiger charge is 2.42. The van der Waals surface area contributed by atoms with Gasteiger partial charge in [-0.15, -0.1) is 0 Å². The Morgan fingerprint density at radius 1 is 1.25 bits per heavy atom. The third kappa shape index (κ3) is 2.99. The number of amides is 3. The first kappa shape index (κ1) is 14.9. The molecule has 2 unspecified atom stereocenters. The van der Waals surface area contributed by atoms with Crippen LogP contribution in [0.1, 0.15) is 27.7 Å². The largest absolute Gasteiger partial charge is 0.444 e. The van der Waals surface area contributed by atoms with Gasteiger partial charge in [0.1, 0.15) is 5.60 Å². The topological polar surface area (TPSA) is 53.1 Å². The minimum Gasteiger partial charge on any atom is -0.444 e. The van der Waals surface area contributed by atoms with Crippen molar-refractivity contribution < 1.29 is 14.3 Å². The molecule has 0 aromatic heterocycles. The number of nitrogens with zero attached hydrogens (tertiary/aromatic N) is 3. The summed E-state index contributed by atoms with van der Waals surface area (Å²) in [6, 6.07) is 0.160. The van der Waals surface area contributed by atoms with Gasteiger partial charge in [0.15, 0.2) is 0 Å². The summed E-state index contributed by atoms with van der Waals surface area (Å²) in [5.74, 6) is 0.276. The van der Waals surface area contributed by atoms with E-state index >= 15 is 0 Å². The van der Waals surface area contributed by atoms with Gasteiger partial charge in [-0.05, 0) is 26.7 Å². The number of likely N-dealkylation sites (N-methyl/N-ethyl adjacent to an activating group) is 1. The van der Waals surface area contributed by atoms with Gasteiger partial charge in [-0.1, -0.05) is 6.92 Å². The van der Waals surface area contributed by atoms with E-state index in [-0.39, 0.29) is 24.1 Å².